The molecule has 2 atom stereocenters. The Labute approximate surface area is 141 Å². The number of hydrogen-bond acceptors (Lipinski definition) is 4. The number of benzene rings is 1. The van der Waals surface area contributed by atoms with E-state index in [1.165, 1.54) is 25.3 Å². The number of nitrogens with one attached hydrogen (secondary N) is 1. The quantitative estimate of drug-likeness (QED) is 0.881. The van der Waals surface area contributed by atoms with Gasteiger partial charge in [0.15, 0.2) is 0 Å². The summed E-state index contributed by atoms with van der Waals surface area (Å²) in [4.78, 5) is 14.7. The lowest BCUT2D eigenvalue weighted by Crippen LogP contribution is -2.52. The van der Waals surface area contributed by atoms with Gasteiger partial charge in [0.2, 0.25) is 5.91 Å². The molecule has 1 amide bonds. The van der Waals surface area contributed by atoms with Crippen LogP contribution >= 0.6 is 11.6 Å². The number of phenolic OH excluding ortho intramolecular Hbond substituents is 1. The number of amides is 1. The van der Waals surface area contributed by atoms with Crippen LogP contribution in [0.4, 0.5) is 0 Å². The number of carbonyl (C=O) groups excluding carboxylic acids is 1. The second-order valence-electron chi connectivity index (χ2n) is 6.34. The average Bonchev–Trinajstić information content (AvgIpc) is 3.00. The van der Waals surface area contributed by atoms with E-state index in [0.717, 1.165) is 18.7 Å². The predicted molar refractivity (Wildman–Crippen MR) is 88.8 cm³/mol. The standard InChI is InChI=1S/C17H23ClN2O3/c18-13-8-12(4-5-16(13)21)9-17(22)19-14-10-23-11-15(14)20-6-2-1-3-7-20/h4-5,8,14-15,21H,1-3,6-7,9-11H2,(H,19,22)/t14-,15-/m1/s1. The van der Waals surface area contributed by atoms with E-state index >= 15 is 0 Å². The minimum absolute atomic E-state index is 0.0326. The van der Waals surface area contributed by atoms with Gasteiger partial charge >= 0.3 is 0 Å². The fourth-order valence-corrected chi connectivity index (χ4v) is 3.60. The second-order valence-corrected chi connectivity index (χ2v) is 6.75. The molecular weight excluding hydrogens is 316 g/mol. The van der Waals surface area contributed by atoms with Crippen LogP contribution in [0.3, 0.4) is 0 Å². The maximum Gasteiger partial charge on any atom is 0.224 e. The number of hydrogen-bond donors (Lipinski definition) is 2. The summed E-state index contributed by atoms with van der Waals surface area (Å²) < 4.78 is 5.60. The second kappa shape index (κ2) is 7.51. The molecule has 0 aromatic heterocycles. The molecule has 0 aliphatic carbocycles. The van der Waals surface area contributed by atoms with Crippen molar-refractivity contribution in [1.29, 1.82) is 0 Å². The molecule has 0 saturated carbocycles. The Hall–Kier alpha value is -1.30. The van der Waals surface area contributed by atoms with Crippen LogP contribution in [0.1, 0.15) is 24.8 Å². The van der Waals surface area contributed by atoms with Gasteiger partial charge in [-0.05, 0) is 43.6 Å². The van der Waals surface area contributed by atoms with Crippen molar-refractivity contribution < 1.29 is 14.6 Å². The average molecular weight is 339 g/mol. The molecule has 0 unspecified atom stereocenters. The van der Waals surface area contributed by atoms with Gasteiger partial charge in [0.25, 0.3) is 0 Å². The first-order valence-electron chi connectivity index (χ1n) is 8.22. The zero-order valence-electron chi connectivity index (χ0n) is 13.1. The molecule has 2 N–H and O–H groups in total. The summed E-state index contributed by atoms with van der Waals surface area (Å²) >= 11 is 5.88. The lowest BCUT2D eigenvalue weighted by atomic mass is 10.0. The number of ether oxygens (including phenoxy) is 1. The van der Waals surface area contributed by atoms with E-state index in [4.69, 9.17) is 16.3 Å². The monoisotopic (exact) mass is 338 g/mol. The summed E-state index contributed by atoms with van der Waals surface area (Å²) in [6, 6.07) is 5.19. The number of carbonyl (C=O) groups is 1. The van der Waals surface area contributed by atoms with Crippen molar-refractivity contribution in [3.63, 3.8) is 0 Å². The number of piperidine rings is 1. The van der Waals surface area contributed by atoms with Crippen LogP contribution in [0, 0.1) is 0 Å². The molecule has 2 aliphatic heterocycles. The Morgan fingerprint density at radius 2 is 2.09 bits per heavy atom. The number of rotatable bonds is 4. The van der Waals surface area contributed by atoms with Gasteiger partial charge in [-0.25, -0.2) is 0 Å². The first kappa shape index (κ1) is 16.6. The number of halogens is 1. The Morgan fingerprint density at radius 3 is 2.83 bits per heavy atom. The SMILES string of the molecule is O=C(Cc1ccc(O)c(Cl)c1)N[C@@H]1COC[C@H]1N1CCCCC1. The van der Waals surface area contributed by atoms with E-state index in [2.05, 4.69) is 10.2 Å². The lowest BCUT2D eigenvalue weighted by molar-refractivity contribution is -0.121. The molecule has 0 radical (unpaired) electrons. The van der Waals surface area contributed by atoms with Crippen LogP contribution in [0.15, 0.2) is 18.2 Å². The van der Waals surface area contributed by atoms with Gasteiger partial charge in [0.05, 0.1) is 36.7 Å². The highest BCUT2D eigenvalue weighted by Crippen LogP contribution is 2.24. The molecule has 3 rings (SSSR count). The molecule has 1 aromatic carbocycles. The first-order chi connectivity index (χ1) is 11.1. The zero-order valence-corrected chi connectivity index (χ0v) is 13.9. The Kier molecular flexibility index (Phi) is 5.41. The van der Waals surface area contributed by atoms with Crippen molar-refractivity contribution in [3.8, 4) is 5.75 Å². The van der Waals surface area contributed by atoms with Crippen LogP contribution in [-0.4, -0.2) is 54.3 Å². The minimum atomic E-state index is -0.0377. The van der Waals surface area contributed by atoms with Crippen LogP contribution in [0.5, 0.6) is 5.75 Å². The van der Waals surface area contributed by atoms with E-state index in [-0.39, 0.29) is 35.2 Å². The normalized spacial score (nSPS) is 25.4. The third-order valence-electron chi connectivity index (χ3n) is 4.63. The van der Waals surface area contributed by atoms with Crippen molar-refractivity contribution in [2.45, 2.75) is 37.8 Å². The molecule has 2 heterocycles. The molecular formula is C17H23ClN2O3. The van der Waals surface area contributed by atoms with Crippen molar-refractivity contribution in [2.24, 2.45) is 0 Å². The summed E-state index contributed by atoms with van der Waals surface area (Å²) in [6.07, 6.45) is 4.00. The van der Waals surface area contributed by atoms with Crippen molar-refractivity contribution in [3.05, 3.63) is 28.8 Å². The van der Waals surface area contributed by atoms with Gasteiger partial charge in [-0.1, -0.05) is 24.1 Å². The molecule has 126 valence electrons. The summed E-state index contributed by atoms with van der Waals surface area (Å²) in [5.74, 6) is -0.00514. The van der Waals surface area contributed by atoms with Crippen molar-refractivity contribution in [2.75, 3.05) is 26.3 Å². The van der Waals surface area contributed by atoms with Crippen LogP contribution in [0.25, 0.3) is 0 Å². The maximum atomic E-state index is 12.3. The van der Waals surface area contributed by atoms with Gasteiger partial charge < -0.3 is 15.2 Å². The summed E-state index contributed by atoms with van der Waals surface area (Å²) in [6.45, 7) is 3.45. The predicted octanol–water partition coefficient (Wildman–Crippen LogP) is 1.96. The molecule has 1 aromatic rings. The van der Waals surface area contributed by atoms with E-state index in [1.807, 2.05) is 0 Å². The Morgan fingerprint density at radius 1 is 1.30 bits per heavy atom. The van der Waals surface area contributed by atoms with Crippen LogP contribution in [-0.2, 0) is 16.0 Å². The van der Waals surface area contributed by atoms with Crippen LogP contribution < -0.4 is 5.32 Å². The fourth-order valence-electron chi connectivity index (χ4n) is 3.39. The van der Waals surface area contributed by atoms with Gasteiger partial charge in [-0.2, -0.15) is 0 Å². The Balaban J connectivity index is 1.56. The molecule has 2 fully saturated rings. The molecule has 0 bridgehead atoms. The van der Waals surface area contributed by atoms with Gasteiger partial charge in [0.1, 0.15) is 5.75 Å². The van der Waals surface area contributed by atoms with Gasteiger partial charge in [-0.15, -0.1) is 0 Å². The van der Waals surface area contributed by atoms with E-state index in [1.54, 1.807) is 12.1 Å². The molecule has 5 nitrogen and oxygen atoms in total. The highest BCUT2D eigenvalue weighted by molar-refractivity contribution is 6.32. The topological polar surface area (TPSA) is 61.8 Å². The number of nitrogens with zero attached hydrogens (tertiary/aromatic N) is 1. The number of phenols is 1. The molecule has 23 heavy (non-hydrogen) atoms. The highest BCUT2D eigenvalue weighted by atomic mass is 35.5. The van der Waals surface area contributed by atoms with Gasteiger partial charge in [-0.3, -0.25) is 9.69 Å². The van der Waals surface area contributed by atoms with E-state index in [0.29, 0.717) is 13.2 Å². The van der Waals surface area contributed by atoms with E-state index in [9.17, 15) is 9.90 Å². The minimum Gasteiger partial charge on any atom is -0.506 e. The largest absolute Gasteiger partial charge is 0.506 e. The maximum absolute atomic E-state index is 12.3. The summed E-state index contributed by atoms with van der Waals surface area (Å²) in [7, 11) is 0. The third-order valence-corrected chi connectivity index (χ3v) is 4.94. The Bertz CT molecular complexity index is 561. The molecule has 0 spiro atoms. The van der Waals surface area contributed by atoms with E-state index < -0.39 is 0 Å². The van der Waals surface area contributed by atoms with Crippen molar-refractivity contribution in [1.82, 2.24) is 10.2 Å². The van der Waals surface area contributed by atoms with Crippen LogP contribution in [0.2, 0.25) is 5.02 Å². The van der Waals surface area contributed by atoms with Crippen molar-refractivity contribution >= 4 is 17.5 Å². The summed E-state index contributed by atoms with van der Waals surface area (Å²) in [5.41, 5.74) is 0.790. The highest BCUT2D eigenvalue weighted by Gasteiger charge is 2.34. The zero-order chi connectivity index (χ0) is 16.2. The van der Waals surface area contributed by atoms with Gasteiger partial charge in [0, 0.05) is 0 Å². The summed E-state index contributed by atoms with van der Waals surface area (Å²) in [5, 5.41) is 12.8. The first-order valence-corrected chi connectivity index (χ1v) is 8.60. The fraction of sp³-hybridized carbons (Fsp3) is 0.588. The third kappa shape index (κ3) is 4.16. The molecule has 2 aliphatic rings. The number of aromatic hydroxyl groups is 1. The molecule has 6 heteroatoms. The smallest absolute Gasteiger partial charge is 0.224 e. The lowest BCUT2D eigenvalue weighted by Gasteiger charge is -2.34. The number of likely N-dealkylation sites (tertiary alicyclic amines) is 1. The molecule has 2 saturated heterocycles.